The van der Waals surface area contributed by atoms with Gasteiger partial charge in [-0.2, -0.15) is 0 Å². The number of carbonyl (C=O) groups excluding carboxylic acids is 2. The van der Waals surface area contributed by atoms with E-state index in [0.717, 1.165) is 5.56 Å². The van der Waals surface area contributed by atoms with E-state index in [1.807, 2.05) is 6.92 Å². The van der Waals surface area contributed by atoms with E-state index in [-0.39, 0.29) is 30.2 Å². The van der Waals surface area contributed by atoms with Crippen LogP contribution in [-0.4, -0.2) is 29.6 Å². The van der Waals surface area contributed by atoms with E-state index in [1.54, 1.807) is 37.3 Å². The van der Waals surface area contributed by atoms with Crippen LogP contribution in [0.25, 0.3) is 0 Å². The molecule has 1 atom stereocenters. The molecule has 1 unspecified atom stereocenters. The van der Waals surface area contributed by atoms with Crippen LogP contribution in [0.1, 0.15) is 33.4 Å². The number of carbonyl (C=O) groups is 2. The van der Waals surface area contributed by atoms with Crippen LogP contribution >= 0.6 is 0 Å². The van der Waals surface area contributed by atoms with Gasteiger partial charge < -0.3 is 20.2 Å². The molecule has 0 spiro atoms. The third kappa shape index (κ3) is 3.73. The van der Waals surface area contributed by atoms with Crippen LogP contribution in [0.5, 0.6) is 0 Å². The molecule has 0 aliphatic rings. The summed E-state index contributed by atoms with van der Waals surface area (Å²) in [6, 6.07) is 7.85. The second-order valence-corrected chi connectivity index (χ2v) is 5.02. The van der Waals surface area contributed by atoms with Crippen molar-refractivity contribution in [2.24, 2.45) is 0 Å². The van der Waals surface area contributed by atoms with Gasteiger partial charge in [0.05, 0.1) is 12.9 Å². The van der Waals surface area contributed by atoms with Crippen molar-refractivity contribution in [2.75, 3.05) is 11.9 Å². The van der Waals surface area contributed by atoms with E-state index in [2.05, 4.69) is 10.6 Å². The predicted molar refractivity (Wildman–Crippen MR) is 81.9 cm³/mol. The molecular weight excluding hydrogens is 284 g/mol. The Bertz CT molecular complexity index is 665. The third-order valence-corrected chi connectivity index (χ3v) is 3.14. The lowest BCUT2D eigenvalue weighted by Crippen LogP contribution is -2.35. The van der Waals surface area contributed by atoms with Gasteiger partial charge in [0.25, 0.3) is 11.8 Å². The van der Waals surface area contributed by atoms with E-state index >= 15 is 0 Å². The number of aryl methyl sites for hydroxylation is 1. The quantitative estimate of drug-likeness (QED) is 0.787. The Morgan fingerprint density at radius 1 is 1.27 bits per heavy atom. The molecule has 1 aromatic carbocycles. The Balaban J connectivity index is 2.16. The molecular formula is C16H18N2O4. The lowest BCUT2D eigenvalue weighted by molar-refractivity contribution is 0.0921. The zero-order chi connectivity index (χ0) is 16.1. The molecule has 6 heteroatoms. The molecule has 0 aliphatic carbocycles. The molecule has 0 bridgehead atoms. The molecule has 3 N–H and O–H groups in total. The van der Waals surface area contributed by atoms with Gasteiger partial charge in [-0.25, -0.2) is 0 Å². The highest BCUT2D eigenvalue weighted by atomic mass is 16.3. The van der Waals surface area contributed by atoms with Gasteiger partial charge in [0, 0.05) is 17.3 Å². The zero-order valence-electron chi connectivity index (χ0n) is 12.4. The van der Waals surface area contributed by atoms with Crippen molar-refractivity contribution < 1.29 is 19.1 Å². The maximum atomic E-state index is 12.0. The fraction of sp³-hybridized carbons (Fsp3) is 0.250. The van der Waals surface area contributed by atoms with Crippen molar-refractivity contribution in [3.63, 3.8) is 0 Å². The topological polar surface area (TPSA) is 91.6 Å². The number of rotatable bonds is 5. The molecule has 0 aliphatic heterocycles. The van der Waals surface area contributed by atoms with Crippen molar-refractivity contribution in [1.29, 1.82) is 0 Å². The second-order valence-electron chi connectivity index (χ2n) is 5.02. The Labute approximate surface area is 128 Å². The van der Waals surface area contributed by atoms with E-state index in [0.29, 0.717) is 11.3 Å². The molecule has 22 heavy (non-hydrogen) atoms. The minimum Gasteiger partial charge on any atom is -0.459 e. The van der Waals surface area contributed by atoms with Gasteiger partial charge in [-0.05, 0) is 43.7 Å². The van der Waals surface area contributed by atoms with E-state index in [1.165, 1.54) is 6.26 Å². The highest BCUT2D eigenvalue weighted by Crippen LogP contribution is 2.18. The SMILES string of the molecule is Cc1ccc(C(=O)NC(C)CO)cc1NC(=O)c1ccco1. The first-order valence-electron chi connectivity index (χ1n) is 6.88. The Morgan fingerprint density at radius 2 is 2.05 bits per heavy atom. The number of aliphatic hydroxyl groups is 1. The van der Waals surface area contributed by atoms with Crippen LogP contribution in [0.3, 0.4) is 0 Å². The van der Waals surface area contributed by atoms with Gasteiger partial charge in [0.2, 0.25) is 0 Å². The maximum absolute atomic E-state index is 12.0. The molecule has 2 aromatic rings. The van der Waals surface area contributed by atoms with Gasteiger partial charge >= 0.3 is 0 Å². The standard InChI is InChI=1S/C16H18N2O4/c1-10-5-6-12(15(20)17-11(2)9-19)8-13(10)18-16(21)14-4-3-7-22-14/h3-8,11,19H,9H2,1-2H3,(H,17,20)(H,18,21). The molecule has 0 saturated heterocycles. The van der Waals surface area contributed by atoms with Crippen LogP contribution in [0, 0.1) is 6.92 Å². The first-order valence-corrected chi connectivity index (χ1v) is 6.88. The van der Waals surface area contributed by atoms with E-state index in [4.69, 9.17) is 9.52 Å². The molecule has 0 fully saturated rings. The van der Waals surface area contributed by atoms with Crippen molar-refractivity contribution in [3.8, 4) is 0 Å². The molecule has 2 rings (SSSR count). The number of hydrogen-bond acceptors (Lipinski definition) is 4. The van der Waals surface area contributed by atoms with Crippen molar-refractivity contribution in [3.05, 3.63) is 53.5 Å². The summed E-state index contributed by atoms with van der Waals surface area (Å²) >= 11 is 0. The Hall–Kier alpha value is -2.60. The highest BCUT2D eigenvalue weighted by molar-refractivity contribution is 6.03. The fourth-order valence-electron chi connectivity index (χ4n) is 1.84. The number of anilines is 1. The van der Waals surface area contributed by atoms with Gasteiger partial charge in [0.15, 0.2) is 5.76 Å². The van der Waals surface area contributed by atoms with Gasteiger partial charge in [-0.3, -0.25) is 9.59 Å². The average molecular weight is 302 g/mol. The van der Waals surface area contributed by atoms with Crippen LogP contribution in [0.2, 0.25) is 0 Å². The van der Waals surface area contributed by atoms with Crippen LogP contribution in [-0.2, 0) is 0 Å². The summed E-state index contributed by atoms with van der Waals surface area (Å²) in [5, 5.41) is 14.3. The van der Waals surface area contributed by atoms with Crippen molar-refractivity contribution in [1.82, 2.24) is 5.32 Å². The monoisotopic (exact) mass is 302 g/mol. The van der Waals surface area contributed by atoms with Gasteiger partial charge in [-0.15, -0.1) is 0 Å². The Morgan fingerprint density at radius 3 is 2.68 bits per heavy atom. The fourth-order valence-corrected chi connectivity index (χ4v) is 1.84. The average Bonchev–Trinajstić information content (AvgIpc) is 3.03. The van der Waals surface area contributed by atoms with Crippen molar-refractivity contribution in [2.45, 2.75) is 19.9 Å². The molecule has 2 amide bonds. The van der Waals surface area contributed by atoms with Gasteiger partial charge in [0.1, 0.15) is 0 Å². The molecule has 0 radical (unpaired) electrons. The maximum Gasteiger partial charge on any atom is 0.291 e. The lowest BCUT2D eigenvalue weighted by atomic mass is 10.1. The summed E-state index contributed by atoms with van der Waals surface area (Å²) in [7, 11) is 0. The third-order valence-electron chi connectivity index (χ3n) is 3.14. The van der Waals surface area contributed by atoms with Crippen LogP contribution < -0.4 is 10.6 Å². The lowest BCUT2D eigenvalue weighted by Gasteiger charge is -2.13. The number of aliphatic hydroxyl groups excluding tert-OH is 1. The number of hydrogen-bond donors (Lipinski definition) is 3. The first kappa shape index (κ1) is 15.8. The van der Waals surface area contributed by atoms with E-state index < -0.39 is 0 Å². The summed E-state index contributed by atoms with van der Waals surface area (Å²) in [4.78, 5) is 24.0. The summed E-state index contributed by atoms with van der Waals surface area (Å²) in [5.41, 5.74) is 1.76. The molecule has 116 valence electrons. The normalized spacial score (nSPS) is 11.8. The molecule has 1 aromatic heterocycles. The van der Waals surface area contributed by atoms with Crippen LogP contribution in [0.15, 0.2) is 41.0 Å². The highest BCUT2D eigenvalue weighted by Gasteiger charge is 2.14. The predicted octanol–water partition coefficient (Wildman–Crippen LogP) is 1.95. The van der Waals surface area contributed by atoms with E-state index in [9.17, 15) is 9.59 Å². The second kappa shape index (κ2) is 6.91. The van der Waals surface area contributed by atoms with Crippen LogP contribution in [0.4, 0.5) is 5.69 Å². The summed E-state index contributed by atoms with van der Waals surface area (Å²) < 4.78 is 5.03. The molecule has 6 nitrogen and oxygen atoms in total. The largest absolute Gasteiger partial charge is 0.459 e. The first-order chi connectivity index (χ1) is 10.5. The number of amides is 2. The zero-order valence-corrected chi connectivity index (χ0v) is 12.4. The summed E-state index contributed by atoms with van der Waals surface area (Å²) in [5.74, 6) is -0.493. The number of benzene rings is 1. The Kier molecular flexibility index (Phi) is 4.95. The number of nitrogens with one attached hydrogen (secondary N) is 2. The smallest absolute Gasteiger partial charge is 0.291 e. The summed E-state index contributed by atoms with van der Waals surface area (Å²) in [6.45, 7) is 3.39. The van der Waals surface area contributed by atoms with Gasteiger partial charge in [-0.1, -0.05) is 6.07 Å². The summed E-state index contributed by atoms with van der Waals surface area (Å²) in [6.07, 6.45) is 1.42. The molecule has 1 heterocycles. The van der Waals surface area contributed by atoms with Crippen molar-refractivity contribution >= 4 is 17.5 Å². The molecule has 0 saturated carbocycles. The number of furan rings is 1. The minimum atomic E-state index is -0.380. The minimum absolute atomic E-state index is 0.139.